The first kappa shape index (κ1) is 22.8. The average molecular weight is 464 g/mol. The van der Waals surface area contributed by atoms with Gasteiger partial charge >= 0.3 is 0 Å². The van der Waals surface area contributed by atoms with Crippen LogP contribution in [-0.2, 0) is 20.8 Å². The maximum atomic E-state index is 12.7. The van der Waals surface area contributed by atoms with Gasteiger partial charge in [-0.15, -0.1) is 4.72 Å². The Labute approximate surface area is 173 Å². The van der Waals surface area contributed by atoms with Crippen molar-refractivity contribution >= 4 is 27.3 Å². The van der Waals surface area contributed by atoms with Crippen LogP contribution in [0.2, 0.25) is 0 Å². The molecule has 0 saturated carbocycles. The van der Waals surface area contributed by atoms with Crippen LogP contribution < -0.4 is 14.2 Å². The fourth-order valence-electron chi connectivity index (χ4n) is 2.70. The molecule has 0 radical (unpaired) electrons. The summed E-state index contributed by atoms with van der Waals surface area (Å²) in [6, 6.07) is 3.72. The van der Waals surface area contributed by atoms with Gasteiger partial charge in [-0.05, 0) is 67.2 Å². The van der Waals surface area contributed by atoms with E-state index in [-0.39, 0.29) is 17.1 Å². The summed E-state index contributed by atoms with van der Waals surface area (Å²) in [4.78, 5) is 0. The Kier molecular flexibility index (Phi) is 8.70. The van der Waals surface area contributed by atoms with Gasteiger partial charge in [0.15, 0.2) is 6.29 Å². The predicted octanol–water partition coefficient (Wildman–Crippen LogP) is 4.10. The molecule has 0 aromatic heterocycles. The summed E-state index contributed by atoms with van der Waals surface area (Å²) < 4.78 is 38.6. The monoisotopic (exact) mass is 463 g/mol. The van der Waals surface area contributed by atoms with E-state index in [1.165, 1.54) is 0 Å². The third-order valence-corrected chi connectivity index (χ3v) is 6.66. The van der Waals surface area contributed by atoms with Crippen LogP contribution in [0.25, 0.3) is 0 Å². The molecule has 1 heterocycles. The van der Waals surface area contributed by atoms with Gasteiger partial charge in [0.2, 0.25) is 0 Å². The summed E-state index contributed by atoms with van der Waals surface area (Å²) in [5.74, 6) is 1.34. The van der Waals surface area contributed by atoms with Crippen molar-refractivity contribution in [2.45, 2.75) is 57.1 Å². The number of hydrogen-bond donors (Lipinski definition) is 1. The van der Waals surface area contributed by atoms with E-state index in [4.69, 9.17) is 18.9 Å². The number of methoxy groups -OCH3 is 2. The highest BCUT2D eigenvalue weighted by atomic mass is 79.9. The topological polar surface area (TPSA) is 72.0 Å². The second-order valence-electron chi connectivity index (χ2n) is 7.39. The predicted molar refractivity (Wildman–Crippen MR) is 111 cm³/mol. The molecule has 1 saturated heterocycles. The summed E-state index contributed by atoms with van der Waals surface area (Å²) in [5.41, 5.74) is 0.945. The largest absolute Gasteiger partial charge is 0.598 e. The number of hydrogen-bond acceptors (Lipinski definition) is 6. The van der Waals surface area contributed by atoms with E-state index < -0.39 is 11.4 Å². The lowest BCUT2D eigenvalue weighted by atomic mass is 10.0. The molecule has 154 valence electrons. The summed E-state index contributed by atoms with van der Waals surface area (Å²) >= 11 is 2.28. The molecule has 6 nitrogen and oxygen atoms in total. The lowest BCUT2D eigenvalue weighted by molar-refractivity contribution is -0.182. The van der Waals surface area contributed by atoms with Crippen molar-refractivity contribution in [1.29, 1.82) is 0 Å². The van der Waals surface area contributed by atoms with E-state index >= 15 is 0 Å². The van der Waals surface area contributed by atoms with Gasteiger partial charge in [0.05, 0.1) is 33.5 Å². The first-order valence-corrected chi connectivity index (χ1v) is 11.0. The molecule has 1 N–H and O–H groups in total. The van der Waals surface area contributed by atoms with Gasteiger partial charge < -0.3 is 23.5 Å². The Morgan fingerprint density at radius 3 is 2.26 bits per heavy atom. The van der Waals surface area contributed by atoms with Crippen molar-refractivity contribution in [2.24, 2.45) is 0 Å². The molecule has 8 heteroatoms. The zero-order valence-corrected chi connectivity index (χ0v) is 19.1. The minimum Gasteiger partial charge on any atom is -0.598 e. The quantitative estimate of drug-likeness (QED) is 0.584. The van der Waals surface area contributed by atoms with Crippen LogP contribution in [0.15, 0.2) is 16.6 Å². The van der Waals surface area contributed by atoms with Crippen molar-refractivity contribution in [3.05, 3.63) is 22.2 Å². The van der Waals surface area contributed by atoms with E-state index in [0.29, 0.717) is 24.3 Å². The molecular formula is C19H30BrNO5S. The Morgan fingerprint density at radius 1 is 1.22 bits per heavy atom. The summed E-state index contributed by atoms with van der Waals surface area (Å²) in [7, 11) is 3.23. The molecule has 1 aliphatic rings. The summed E-state index contributed by atoms with van der Waals surface area (Å²) in [6.07, 6.45) is 2.12. The first-order chi connectivity index (χ1) is 12.8. The molecule has 1 aliphatic heterocycles. The average Bonchev–Trinajstić information content (AvgIpc) is 2.65. The van der Waals surface area contributed by atoms with E-state index in [9.17, 15) is 4.55 Å². The van der Waals surface area contributed by atoms with Crippen LogP contribution in [0.3, 0.4) is 0 Å². The standard InChI is InChI=1S/C19H30BrNO5S/c1-19(2,3)27(22)21-14(7-8-17-25-9-6-10-26-17)13-11-15(23-4)18(20)16(12-13)24-5/h11-12,14,17,21H,6-10H2,1-5H3/t14-,27?/m0/s1. The second kappa shape index (κ2) is 10.3. The molecule has 1 aromatic rings. The normalized spacial score (nSPS) is 18.2. The van der Waals surface area contributed by atoms with Crippen molar-refractivity contribution in [3.63, 3.8) is 0 Å². The fraction of sp³-hybridized carbons (Fsp3) is 0.684. The van der Waals surface area contributed by atoms with E-state index in [1.807, 2.05) is 32.9 Å². The second-order valence-corrected chi connectivity index (χ2v) is 10.2. The molecule has 0 spiro atoms. The summed E-state index contributed by atoms with van der Waals surface area (Å²) in [5, 5.41) is 0. The van der Waals surface area contributed by atoms with Gasteiger partial charge in [-0.3, -0.25) is 0 Å². The Bertz CT molecular complexity index is 579. The number of halogens is 1. The third kappa shape index (κ3) is 6.51. The lowest BCUT2D eigenvalue weighted by Gasteiger charge is -2.30. The van der Waals surface area contributed by atoms with Gasteiger partial charge in [0.1, 0.15) is 20.7 Å². The van der Waals surface area contributed by atoms with E-state index in [0.717, 1.165) is 29.7 Å². The molecule has 1 unspecified atom stereocenters. The molecule has 1 fully saturated rings. The highest BCUT2D eigenvalue weighted by Crippen LogP contribution is 2.38. The molecule has 0 bridgehead atoms. The van der Waals surface area contributed by atoms with Crippen LogP contribution in [0.1, 0.15) is 51.6 Å². The summed E-state index contributed by atoms with van der Waals surface area (Å²) in [6.45, 7) is 7.28. The zero-order chi connectivity index (χ0) is 20.0. The van der Waals surface area contributed by atoms with E-state index in [1.54, 1.807) is 14.2 Å². The minimum atomic E-state index is -1.22. The minimum absolute atomic E-state index is 0.157. The van der Waals surface area contributed by atoms with Crippen LogP contribution in [0.5, 0.6) is 11.5 Å². The van der Waals surface area contributed by atoms with Crippen molar-refractivity contribution in [2.75, 3.05) is 27.4 Å². The third-order valence-electron chi connectivity index (χ3n) is 4.26. The Morgan fingerprint density at radius 2 is 1.78 bits per heavy atom. The Balaban J connectivity index is 2.24. The molecule has 2 rings (SSSR count). The van der Waals surface area contributed by atoms with Gasteiger partial charge in [-0.2, -0.15) is 0 Å². The van der Waals surface area contributed by atoms with Gasteiger partial charge in [0, 0.05) is 17.8 Å². The zero-order valence-electron chi connectivity index (χ0n) is 16.7. The van der Waals surface area contributed by atoms with Gasteiger partial charge in [-0.1, -0.05) is 0 Å². The smallest absolute Gasteiger partial charge is 0.157 e. The maximum Gasteiger partial charge on any atom is 0.157 e. The van der Waals surface area contributed by atoms with Gasteiger partial charge in [-0.25, -0.2) is 0 Å². The number of rotatable bonds is 8. The maximum absolute atomic E-state index is 12.7. The van der Waals surface area contributed by atoms with Crippen molar-refractivity contribution in [1.82, 2.24) is 4.72 Å². The van der Waals surface area contributed by atoms with Crippen LogP contribution >= 0.6 is 15.9 Å². The molecule has 1 aromatic carbocycles. The van der Waals surface area contributed by atoms with Crippen molar-refractivity contribution < 1.29 is 23.5 Å². The molecule has 0 amide bonds. The number of ether oxygens (including phenoxy) is 4. The fourth-order valence-corrected chi connectivity index (χ4v) is 4.12. The van der Waals surface area contributed by atoms with Gasteiger partial charge in [0.25, 0.3) is 0 Å². The van der Waals surface area contributed by atoms with Crippen LogP contribution in [0, 0.1) is 0 Å². The lowest BCUT2D eigenvalue weighted by Crippen LogP contribution is -2.41. The highest BCUT2D eigenvalue weighted by Gasteiger charge is 2.31. The Hall–Kier alpha value is -0.510. The highest BCUT2D eigenvalue weighted by molar-refractivity contribution is 9.10. The molecule has 2 atom stereocenters. The van der Waals surface area contributed by atoms with Crippen LogP contribution in [-0.4, -0.2) is 43.0 Å². The first-order valence-electron chi connectivity index (χ1n) is 9.09. The van der Waals surface area contributed by atoms with Crippen molar-refractivity contribution in [3.8, 4) is 11.5 Å². The molecule has 27 heavy (non-hydrogen) atoms. The molecule has 0 aliphatic carbocycles. The van der Waals surface area contributed by atoms with E-state index in [2.05, 4.69) is 20.7 Å². The van der Waals surface area contributed by atoms with Crippen LogP contribution in [0.4, 0.5) is 0 Å². The SMILES string of the molecule is COc1cc([C@H](CCC2OCCCO2)N[S+]([O-])C(C)(C)C)cc(OC)c1Br. The molecular weight excluding hydrogens is 434 g/mol. The number of nitrogens with one attached hydrogen (secondary N) is 1. The number of benzene rings is 1.